The summed E-state index contributed by atoms with van der Waals surface area (Å²) in [4.78, 5) is 7.03. The number of aromatic nitrogens is 2. The van der Waals surface area contributed by atoms with Crippen molar-refractivity contribution in [1.29, 1.82) is 0 Å². The first-order valence-electron chi connectivity index (χ1n) is 7.26. The molecule has 0 radical (unpaired) electrons. The summed E-state index contributed by atoms with van der Waals surface area (Å²) < 4.78 is 1.88. The molecule has 6 heteroatoms. The topological polar surface area (TPSA) is 45.5 Å². The summed E-state index contributed by atoms with van der Waals surface area (Å²) in [6.45, 7) is 8.23. The highest BCUT2D eigenvalue weighted by atomic mass is 127. The Balaban J connectivity index is 0.00000200. The van der Waals surface area contributed by atoms with E-state index in [0.29, 0.717) is 5.92 Å². The van der Waals surface area contributed by atoms with E-state index >= 15 is 0 Å². The number of rotatable bonds is 4. The van der Waals surface area contributed by atoms with E-state index in [2.05, 4.69) is 40.4 Å². The highest BCUT2D eigenvalue weighted by Gasteiger charge is 2.26. The van der Waals surface area contributed by atoms with Crippen molar-refractivity contribution >= 4 is 29.9 Å². The van der Waals surface area contributed by atoms with Crippen molar-refractivity contribution in [3.63, 3.8) is 0 Å². The molecule has 2 rings (SSSR count). The van der Waals surface area contributed by atoms with Crippen molar-refractivity contribution < 1.29 is 0 Å². The molecule has 1 N–H and O–H groups in total. The van der Waals surface area contributed by atoms with E-state index < -0.39 is 0 Å². The summed E-state index contributed by atoms with van der Waals surface area (Å²) in [5, 5.41) is 7.66. The third-order valence-electron chi connectivity index (χ3n) is 3.50. The number of aliphatic imine (C=N–C) groups is 1. The van der Waals surface area contributed by atoms with Gasteiger partial charge in [-0.25, -0.2) is 0 Å². The molecule has 0 spiro atoms. The number of aryl methyl sites for hydroxylation is 1. The van der Waals surface area contributed by atoms with Crippen LogP contribution in [0.5, 0.6) is 0 Å². The molecule has 1 fully saturated rings. The molecule has 1 aliphatic rings. The molecule has 1 aromatic rings. The van der Waals surface area contributed by atoms with E-state index in [1.165, 1.54) is 12.0 Å². The SMILES string of the molecule is CCCN=C(NCC)N1CCC(c2cnn(C)c2)C1.I. The number of hydrogen-bond acceptors (Lipinski definition) is 2. The van der Waals surface area contributed by atoms with Gasteiger partial charge in [0.2, 0.25) is 0 Å². The lowest BCUT2D eigenvalue weighted by atomic mass is 10.0. The average Bonchev–Trinajstić information content (AvgIpc) is 3.03. The van der Waals surface area contributed by atoms with Gasteiger partial charge in [0.05, 0.1) is 6.20 Å². The third-order valence-corrected chi connectivity index (χ3v) is 3.50. The van der Waals surface area contributed by atoms with Crippen LogP contribution in [0, 0.1) is 0 Å². The Morgan fingerprint density at radius 1 is 1.50 bits per heavy atom. The van der Waals surface area contributed by atoms with Gasteiger partial charge in [-0.2, -0.15) is 5.10 Å². The first-order valence-corrected chi connectivity index (χ1v) is 7.26. The molecule has 0 amide bonds. The smallest absolute Gasteiger partial charge is 0.193 e. The van der Waals surface area contributed by atoms with Crippen molar-refractivity contribution in [2.75, 3.05) is 26.2 Å². The van der Waals surface area contributed by atoms with Gasteiger partial charge in [0, 0.05) is 45.3 Å². The van der Waals surface area contributed by atoms with E-state index in [-0.39, 0.29) is 24.0 Å². The van der Waals surface area contributed by atoms with Crippen LogP contribution in [0.3, 0.4) is 0 Å². The van der Waals surface area contributed by atoms with Crippen molar-refractivity contribution in [3.8, 4) is 0 Å². The zero-order chi connectivity index (χ0) is 13.7. The van der Waals surface area contributed by atoms with Crippen molar-refractivity contribution in [2.45, 2.75) is 32.6 Å². The van der Waals surface area contributed by atoms with E-state index in [0.717, 1.165) is 38.6 Å². The lowest BCUT2D eigenvalue weighted by Gasteiger charge is -2.21. The maximum atomic E-state index is 4.66. The Morgan fingerprint density at radius 3 is 2.90 bits per heavy atom. The van der Waals surface area contributed by atoms with Crippen LogP contribution in [0.1, 0.15) is 38.2 Å². The van der Waals surface area contributed by atoms with Gasteiger partial charge in [-0.15, -0.1) is 24.0 Å². The Labute approximate surface area is 138 Å². The summed E-state index contributed by atoms with van der Waals surface area (Å²) in [7, 11) is 1.98. The number of nitrogens with one attached hydrogen (secondary N) is 1. The van der Waals surface area contributed by atoms with E-state index in [1.54, 1.807) is 0 Å². The molecule has 0 bridgehead atoms. The van der Waals surface area contributed by atoms with Gasteiger partial charge in [-0.3, -0.25) is 9.67 Å². The van der Waals surface area contributed by atoms with Crippen molar-refractivity contribution in [3.05, 3.63) is 18.0 Å². The fourth-order valence-electron chi connectivity index (χ4n) is 2.52. The minimum absolute atomic E-state index is 0. The number of hydrogen-bond donors (Lipinski definition) is 1. The fraction of sp³-hybridized carbons (Fsp3) is 0.714. The molecule has 2 heterocycles. The van der Waals surface area contributed by atoms with Gasteiger partial charge in [0.1, 0.15) is 0 Å². The summed E-state index contributed by atoms with van der Waals surface area (Å²) >= 11 is 0. The Morgan fingerprint density at radius 2 is 2.30 bits per heavy atom. The first kappa shape index (κ1) is 17.3. The predicted octanol–water partition coefficient (Wildman–Crippen LogP) is 2.20. The second-order valence-electron chi connectivity index (χ2n) is 5.11. The summed E-state index contributed by atoms with van der Waals surface area (Å²) in [6.07, 6.45) is 6.39. The zero-order valence-corrected chi connectivity index (χ0v) is 15.0. The second kappa shape index (κ2) is 8.49. The number of guanidine groups is 1. The molecule has 1 saturated heterocycles. The van der Waals surface area contributed by atoms with Gasteiger partial charge in [0.25, 0.3) is 0 Å². The molecule has 1 unspecified atom stereocenters. The quantitative estimate of drug-likeness (QED) is 0.486. The number of halogens is 1. The third kappa shape index (κ3) is 4.36. The molecule has 1 atom stereocenters. The van der Waals surface area contributed by atoms with E-state index in [9.17, 15) is 0 Å². The van der Waals surface area contributed by atoms with Crippen LogP contribution in [-0.2, 0) is 7.05 Å². The van der Waals surface area contributed by atoms with Crippen LogP contribution in [-0.4, -0.2) is 46.8 Å². The minimum Gasteiger partial charge on any atom is -0.357 e. The molecule has 1 aromatic heterocycles. The Hall–Kier alpha value is -0.790. The van der Waals surface area contributed by atoms with Gasteiger partial charge in [0.15, 0.2) is 5.96 Å². The van der Waals surface area contributed by atoms with Crippen LogP contribution in [0.15, 0.2) is 17.4 Å². The highest BCUT2D eigenvalue weighted by molar-refractivity contribution is 14.0. The number of likely N-dealkylation sites (tertiary alicyclic amines) is 1. The lowest BCUT2D eigenvalue weighted by molar-refractivity contribution is 0.486. The normalized spacial score (nSPS) is 19.1. The van der Waals surface area contributed by atoms with Crippen LogP contribution >= 0.6 is 24.0 Å². The lowest BCUT2D eigenvalue weighted by Crippen LogP contribution is -2.40. The molecule has 0 aliphatic carbocycles. The average molecular weight is 391 g/mol. The highest BCUT2D eigenvalue weighted by Crippen LogP contribution is 2.26. The molecule has 20 heavy (non-hydrogen) atoms. The summed E-state index contributed by atoms with van der Waals surface area (Å²) in [5.41, 5.74) is 1.34. The van der Waals surface area contributed by atoms with Gasteiger partial charge in [-0.1, -0.05) is 6.92 Å². The first-order chi connectivity index (χ1) is 9.24. The van der Waals surface area contributed by atoms with Crippen molar-refractivity contribution in [1.82, 2.24) is 20.0 Å². The predicted molar refractivity (Wildman–Crippen MR) is 93.8 cm³/mol. The van der Waals surface area contributed by atoms with Crippen LogP contribution in [0.25, 0.3) is 0 Å². The van der Waals surface area contributed by atoms with Gasteiger partial charge >= 0.3 is 0 Å². The van der Waals surface area contributed by atoms with Crippen LogP contribution in [0.4, 0.5) is 0 Å². The maximum Gasteiger partial charge on any atom is 0.193 e. The largest absolute Gasteiger partial charge is 0.357 e. The molecule has 0 saturated carbocycles. The van der Waals surface area contributed by atoms with Crippen LogP contribution < -0.4 is 5.32 Å². The fourth-order valence-corrected chi connectivity index (χ4v) is 2.52. The molecule has 0 aromatic carbocycles. The maximum absolute atomic E-state index is 4.66. The molecule has 5 nitrogen and oxygen atoms in total. The molecular weight excluding hydrogens is 365 g/mol. The van der Waals surface area contributed by atoms with E-state index in [4.69, 9.17) is 0 Å². The summed E-state index contributed by atoms with van der Waals surface area (Å²) in [5.74, 6) is 1.65. The van der Waals surface area contributed by atoms with E-state index in [1.807, 2.05) is 17.9 Å². The monoisotopic (exact) mass is 391 g/mol. The van der Waals surface area contributed by atoms with Gasteiger partial charge in [-0.05, 0) is 25.3 Å². The standard InChI is InChI=1S/C14H25N5.HI/c1-4-7-16-14(15-5-2)19-8-6-12(11-19)13-9-17-18(3)10-13;/h9-10,12H,4-8,11H2,1-3H3,(H,15,16);1H. The number of nitrogens with zero attached hydrogens (tertiary/aromatic N) is 4. The molecule has 114 valence electrons. The zero-order valence-electron chi connectivity index (χ0n) is 12.7. The summed E-state index contributed by atoms with van der Waals surface area (Å²) in [6, 6.07) is 0. The van der Waals surface area contributed by atoms with Crippen molar-refractivity contribution in [2.24, 2.45) is 12.0 Å². The molecule has 1 aliphatic heterocycles. The molecular formula is C14H26IN5. The Kier molecular flexibility index (Phi) is 7.32. The van der Waals surface area contributed by atoms with Gasteiger partial charge < -0.3 is 10.2 Å². The minimum atomic E-state index is 0. The Bertz CT molecular complexity index is 429. The van der Waals surface area contributed by atoms with Crippen LogP contribution in [0.2, 0.25) is 0 Å². The second-order valence-corrected chi connectivity index (χ2v) is 5.11.